The molecule has 1 rings (SSSR count). The third kappa shape index (κ3) is 2.25. The van der Waals surface area contributed by atoms with Crippen LogP contribution < -0.4 is 5.90 Å². The van der Waals surface area contributed by atoms with Gasteiger partial charge in [0.05, 0.1) is 12.8 Å². The van der Waals surface area contributed by atoms with Crippen LogP contribution in [0.2, 0.25) is 0 Å². The number of rotatable bonds is 3. The van der Waals surface area contributed by atoms with E-state index in [-0.39, 0.29) is 5.82 Å². The van der Waals surface area contributed by atoms with Crippen molar-refractivity contribution in [1.82, 2.24) is 4.98 Å². The van der Waals surface area contributed by atoms with E-state index in [1.165, 1.54) is 12.4 Å². The zero-order chi connectivity index (χ0) is 8.10. The van der Waals surface area contributed by atoms with Crippen molar-refractivity contribution in [2.75, 3.05) is 6.61 Å². The van der Waals surface area contributed by atoms with Crippen LogP contribution in [-0.4, -0.2) is 11.6 Å². The summed E-state index contributed by atoms with van der Waals surface area (Å²) in [5.74, 6) is 4.47. The molecule has 0 saturated carbocycles. The fourth-order valence-electron chi connectivity index (χ4n) is 0.776. The van der Waals surface area contributed by atoms with Gasteiger partial charge < -0.3 is 4.84 Å². The molecule has 0 bridgehead atoms. The summed E-state index contributed by atoms with van der Waals surface area (Å²) in [7, 11) is 0. The van der Waals surface area contributed by atoms with Gasteiger partial charge in [0, 0.05) is 12.6 Å². The van der Waals surface area contributed by atoms with Crippen LogP contribution >= 0.6 is 0 Å². The fourth-order valence-corrected chi connectivity index (χ4v) is 0.776. The predicted molar refractivity (Wildman–Crippen MR) is 38.0 cm³/mol. The molecule has 0 aliphatic heterocycles. The van der Waals surface area contributed by atoms with Gasteiger partial charge in [0.15, 0.2) is 0 Å². The van der Waals surface area contributed by atoms with Gasteiger partial charge in [0.2, 0.25) is 0 Å². The van der Waals surface area contributed by atoms with Gasteiger partial charge in [-0.05, 0) is 11.6 Å². The molecule has 0 radical (unpaired) electrons. The van der Waals surface area contributed by atoms with Crippen LogP contribution in [0.15, 0.2) is 18.5 Å². The second-order valence-electron chi connectivity index (χ2n) is 2.09. The molecule has 0 aliphatic carbocycles. The second-order valence-corrected chi connectivity index (χ2v) is 2.09. The minimum absolute atomic E-state index is 0.315. The number of aromatic nitrogens is 1. The van der Waals surface area contributed by atoms with Gasteiger partial charge in [0.25, 0.3) is 0 Å². The normalized spacial score (nSPS) is 10.0. The van der Waals surface area contributed by atoms with Gasteiger partial charge in [-0.1, -0.05) is 0 Å². The number of pyridine rings is 1. The van der Waals surface area contributed by atoms with Crippen molar-refractivity contribution in [3.8, 4) is 0 Å². The first-order chi connectivity index (χ1) is 5.34. The van der Waals surface area contributed by atoms with Gasteiger partial charge >= 0.3 is 0 Å². The van der Waals surface area contributed by atoms with Crippen molar-refractivity contribution < 1.29 is 9.23 Å². The molecule has 3 nitrogen and oxygen atoms in total. The minimum atomic E-state index is -0.315. The van der Waals surface area contributed by atoms with Gasteiger partial charge in [-0.25, -0.2) is 10.3 Å². The molecule has 0 atom stereocenters. The maximum atomic E-state index is 12.8. The highest BCUT2D eigenvalue weighted by molar-refractivity contribution is 5.12. The molecule has 0 spiro atoms. The van der Waals surface area contributed by atoms with Crippen LogP contribution in [0.1, 0.15) is 5.56 Å². The van der Waals surface area contributed by atoms with Gasteiger partial charge in [0.1, 0.15) is 5.82 Å². The van der Waals surface area contributed by atoms with Crippen LogP contribution in [0.4, 0.5) is 4.39 Å². The zero-order valence-electron chi connectivity index (χ0n) is 5.96. The standard InChI is InChI=1S/C7H9FN2O/c8-7-5-10-3-1-6(7)2-4-11-9/h1,3,5H,2,4,9H2. The zero-order valence-corrected chi connectivity index (χ0v) is 5.96. The van der Waals surface area contributed by atoms with Crippen molar-refractivity contribution in [2.45, 2.75) is 6.42 Å². The van der Waals surface area contributed by atoms with Crippen LogP contribution in [0.25, 0.3) is 0 Å². The van der Waals surface area contributed by atoms with Crippen LogP contribution in [0.3, 0.4) is 0 Å². The predicted octanol–water partition coefficient (Wildman–Crippen LogP) is 0.653. The summed E-state index contributed by atoms with van der Waals surface area (Å²) in [5, 5.41) is 0. The Bertz CT molecular complexity index is 229. The molecule has 0 fully saturated rings. The molecule has 2 N–H and O–H groups in total. The van der Waals surface area contributed by atoms with E-state index in [4.69, 9.17) is 5.90 Å². The summed E-state index contributed by atoms with van der Waals surface area (Å²) in [4.78, 5) is 7.92. The maximum Gasteiger partial charge on any atom is 0.144 e. The quantitative estimate of drug-likeness (QED) is 0.654. The van der Waals surface area contributed by atoms with Crippen molar-refractivity contribution in [3.05, 3.63) is 29.8 Å². The first-order valence-corrected chi connectivity index (χ1v) is 3.24. The van der Waals surface area contributed by atoms with E-state index >= 15 is 0 Å². The SMILES string of the molecule is NOCCc1ccncc1F. The highest BCUT2D eigenvalue weighted by atomic mass is 19.1. The average Bonchev–Trinajstić information content (AvgIpc) is 2.03. The molecule has 0 aliphatic rings. The van der Waals surface area contributed by atoms with Crippen LogP contribution in [-0.2, 0) is 11.3 Å². The van der Waals surface area contributed by atoms with E-state index in [1.54, 1.807) is 6.07 Å². The third-order valence-electron chi connectivity index (χ3n) is 1.35. The first-order valence-electron chi connectivity index (χ1n) is 3.24. The number of nitrogens with two attached hydrogens (primary N) is 1. The van der Waals surface area contributed by atoms with Crippen molar-refractivity contribution in [2.24, 2.45) is 5.90 Å². The number of halogens is 1. The van der Waals surface area contributed by atoms with Gasteiger partial charge in [-0.3, -0.25) is 4.98 Å². The lowest BCUT2D eigenvalue weighted by atomic mass is 10.2. The van der Waals surface area contributed by atoms with Crippen LogP contribution in [0, 0.1) is 5.82 Å². The Labute approximate surface area is 64.0 Å². The van der Waals surface area contributed by atoms with Crippen LogP contribution in [0.5, 0.6) is 0 Å². The average molecular weight is 156 g/mol. The minimum Gasteiger partial charge on any atom is -0.304 e. The number of hydrogen-bond donors (Lipinski definition) is 1. The van der Waals surface area contributed by atoms with E-state index in [0.717, 1.165) is 0 Å². The molecule has 0 aromatic carbocycles. The molecular formula is C7H9FN2O. The maximum absolute atomic E-state index is 12.8. The summed E-state index contributed by atoms with van der Waals surface area (Å²) < 4.78 is 12.8. The van der Waals surface area contributed by atoms with E-state index in [1.807, 2.05) is 0 Å². The smallest absolute Gasteiger partial charge is 0.144 e. The summed E-state index contributed by atoms with van der Waals surface area (Å²) in [6.45, 7) is 0.320. The third-order valence-corrected chi connectivity index (χ3v) is 1.35. The molecule has 4 heteroatoms. The number of hydrogen-bond acceptors (Lipinski definition) is 3. The van der Waals surface area contributed by atoms with E-state index in [0.29, 0.717) is 18.6 Å². The largest absolute Gasteiger partial charge is 0.304 e. The Morgan fingerprint density at radius 1 is 1.64 bits per heavy atom. The second kappa shape index (κ2) is 4.00. The molecule has 0 unspecified atom stereocenters. The van der Waals surface area contributed by atoms with Crippen molar-refractivity contribution >= 4 is 0 Å². The summed E-state index contributed by atoms with van der Waals surface area (Å²) >= 11 is 0. The molecular weight excluding hydrogens is 147 g/mol. The summed E-state index contributed by atoms with van der Waals surface area (Å²) in [6.07, 6.45) is 3.19. The molecule has 0 amide bonds. The summed E-state index contributed by atoms with van der Waals surface area (Å²) in [5.41, 5.74) is 0.574. The van der Waals surface area contributed by atoms with E-state index < -0.39 is 0 Å². The number of nitrogens with zero attached hydrogens (tertiary/aromatic N) is 1. The Balaban J connectivity index is 2.62. The first kappa shape index (κ1) is 8.10. The van der Waals surface area contributed by atoms with E-state index in [9.17, 15) is 4.39 Å². The lowest BCUT2D eigenvalue weighted by molar-refractivity contribution is 0.140. The Hall–Kier alpha value is -1.00. The summed E-state index contributed by atoms with van der Waals surface area (Å²) in [6, 6.07) is 1.61. The molecule has 60 valence electrons. The molecule has 1 heterocycles. The topological polar surface area (TPSA) is 48.1 Å². The Morgan fingerprint density at radius 2 is 2.45 bits per heavy atom. The lowest BCUT2D eigenvalue weighted by Gasteiger charge is -1.99. The Kier molecular flexibility index (Phi) is 2.95. The molecule has 11 heavy (non-hydrogen) atoms. The highest BCUT2D eigenvalue weighted by Crippen LogP contribution is 2.04. The molecule has 1 aromatic heterocycles. The van der Waals surface area contributed by atoms with Crippen molar-refractivity contribution in [1.29, 1.82) is 0 Å². The van der Waals surface area contributed by atoms with Gasteiger partial charge in [-0.15, -0.1) is 0 Å². The molecule has 1 aromatic rings. The van der Waals surface area contributed by atoms with E-state index in [2.05, 4.69) is 9.82 Å². The Morgan fingerprint density at radius 3 is 3.09 bits per heavy atom. The van der Waals surface area contributed by atoms with Crippen molar-refractivity contribution in [3.63, 3.8) is 0 Å². The monoisotopic (exact) mass is 156 g/mol. The van der Waals surface area contributed by atoms with Gasteiger partial charge in [-0.2, -0.15) is 0 Å². The lowest BCUT2D eigenvalue weighted by Crippen LogP contribution is -2.04. The highest BCUT2D eigenvalue weighted by Gasteiger charge is 1.99. The fraction of sp³-hybridized carbons (Fsp3) is 0.286. The molecule has 0 saturated heterocycles.